The molecule has 1 aromatic rings. The average molecular weight is 232 g/mol. The van der Waals surface area contributed by atoms with Crippen LogP contribution in [0.1, 0.15) is 11.7 Å². The molecule has 0 saturated heterocycles. The molecule has 5 heteroatoms. The summed E-state index contributed by atoms with van der Waals surface area (Å²) < 4.78 is 0. The van der Waals surface area contributed by atoms with Gasteiger partial charge in [-0.15, -0.1) is 0 Å². The molecule has 14 heavy (non-hydrogen) atoms. The summed E-state index contributed by atoms with van der Waals surface area (Å²) in [6.45, 7) is 0. The van der Waals surface area contributed by atoms with Crippen LogP contribution in [0.4, 0.5) is 0 Å². The van der Waals surface area contributed by atoms with Crippen molar-refractivity contribution in [2.24, 2.45) is 0 Å². The van der Waals surface area contributed by atoms with Crippen molar-refractivity contribution in [2.45, 2.75) is 12.2 Å². The van der Waals surface area contributed by atoms with Gasteiger partial charge in [-0.1, -0.05) is 29.3 Å². The Balaban J connectivity index is 3.03. The molecular weight excluding hydrogens is 225 g/mol. The molecule has 1 rings (SSSR count). The molecule has 1 aromatic carbocycles. The summed E-state index contributed by atoms with van der Waals surface area (Å²) in [5.74, 6) is 0. The summed E-state index contributed by atoms with van der Waals surface area (Å²) >= 11 is 11.4. The summed E-state index contributed by atoms with van der Waals surface area (Å²) in [6.07, 6.45) is -2.81. The normalized spacial score (nSPS) is 14.5. The molecule has 0 aliphatic carbocycles. The van der Waals surface area contributed by atoms with E-state index < -0.39 is 12.2 Å². The third kappa shape index (κ3) is 2.37. The number of halogens is 2. The van der Waals surface area contributed by atoms with Crippen molar-refractivity contribution < 1.29 is 10.2 Å². The number of aliphatic hydroxyl groups is 2. The number of hydrogen-bond acceptors (Lipinski definition) is 3. The zero-order chi connectivity index (χ0) is 10.7. The van der Waals surface area contributed by atoms with Crippen LogP contribution in [0.25, 0.3) is 0 Å². The largest absolute Gasteiger partial charge is 0.384 e. The third-order valence-electron chi connectivity index (χ3n) is 1.71. The molecule has 0 radical (unpaired) electrons. The van der Waals surface area contributed by atoms with Crippen LogP contribution < -0.4 is 0 Å². The number of nitriles is 1. The predicted octanol–water partition coefficient (Wildman–Crippen LogP) is 1.91. The van der Waals surface area contributed by atoms with E-state index in [-0.39, 0.29) is 10.6 Å². The van der Waals surface area contributed by atoms with Crippen LogP contribution in [-0.4, -0.2) is 16.3 Å². The lowest BCUT2D eigenvalue weighted by molar-refractivity contribution is 0.0528. The van der Waals surface area contributed by atoms with Gasteiger partial charge < -0.3 is 10.2 Å². The van der Waals surface area contributed by atoms with E-state index in [1.807, 2.05) is 0 Å². The fraction of sp³-hybridized carbons (Fsp3) is 0.222. The molecule has 0 amide bonds. The van der Waals surface area contributed by atoms with Gasteiger partial charge in [0.25, 0.3) is 0 Å². The van der Waals surface area contributed by atoms with Gasteiger partial charge >= 0.3 is 0 Å². The molecule has 0 saturated carbocycles. The molecule has 0 aliphatic rings. The van der Waals surface area contributed by atoms with Crippen LogP contribution >= 0.6 is 23.2 Å². The van der Waals surface area contributed by atoms with Crippen LogP contribution in [0, 0.1) is 11.3 Å². The zero-order valence-electron chi connectivity index (χ0n) is 6.98. The van der Waals surface area contributed by atoms with E-state index in [9.17, 15) is 5.11 Å². The molecule has 0 heterocycles. The molecule has 3 nitrogen and oxygen atoms in total. The topological polar surface area (TPSA) is 64.2 Å². The Morgan fingerprint density at radius 1 is 1.29 bits per heavy atom. The van der Waals surface area contributed by atoms with Gasteiger partial charge in [0.1, 0.15) is 6.10 Å². The van der Waals surface area contributed by atoms with E-state index in [0.29, 0.717) is 5.02 Å². The quantitative estimate of drug-likeness (QED) is 0.765. The molecule has 0 spiro atoms. The molecule has 0 aromatic heterocycles. The Kier molecular flexibility index (Phi) is 3.73. The minimum atomic E-state index is -1.49. The zero-order valence-corrected chi connectivity index (χ0v) is 8.50. The van der Waals surface area contributed by atoms with Gasteiger partial charge in [0, 0.05) is 15.6 Å². The number of rotatable bonds is 2. The first-order valence-electron chi connectivity index (χ1n) is 3.77. The molecule has 0 aliphatic heterocycles. The Bertz CT molecular complexity index is 376. The van der Waals surface area contributed by atoms with Crippen LogP contribution in [0.5, 0.6) is 0 Å². The van der Waals surface area contributed by atoms with Crippen molar-refractivity contribution in [2.75, 3.05) is 0 Å². The maximum Gasteiger partial charge on any atom is 0.170 e. The van der Waals surface area contributed by atoms with Crippen LogP contribution in [0.15, 0.2) is 18.2 Å². The fourth-order valence-corrected chi connectivity index (χ4v) is 1.50. The molecule has 0 fully saturated rings. The van der Waals surface area contributed by atoms with E-state index in [2.05, 4.69) is 0 Å². The van der Waals surface area contributed by atoms with Crippen molar-refractivity contribution in [1.29, 1.82) is 5.26 Å². The second-order valence-electron chi connectivity index (χ2n) is 2.68. The van der Waals surface area contributed by atoms with Gasteiger partial charge in [-0.3, -0.25) is 0 Å². The highest BCUT2D eigenvalue weighted by molar-refractivity contribution is 6.35. The molecular formula is C9H7Cl2NO2. The van der Waals surface area contributed by atoms with Crippen molar-refractivity contribution in [3.8, 4) is 6.07 Å². The van der Waals surface area contributed by atoms with Crippen molar-refractivity contribution in [1.82, 2.24) is 0 Å². The molecule has 74 valence electrons. The number of aliphatic hydroxyl groups excluding tert-OH is 2. The van der Waals surface area contributed by atoms with Crippen LogP contribution in [-0.2, 0) is 0 Å². The van der Waals surface area contributed by atoms with E-state index in [1.54, 1.807) is 0 Å². The van der Waals surface area contributed by atoms with Gasteiger partial charge in [0.2, 0.25) is 0 Å². The Hall–Kier alpha value is -0.790. The lowest BCUT2D eigenvalue weighted by Gasteiger charge is -2.13. The highest BCUT2D eigenvalue weighted by atomic mass is 35.5. The minimum Gasteiger partial charge on any atom is -0.384 e. The Labute approximate surface area is 91.1 Å². The van der Waals surface area contributed by atoms with Crippen molar-refractivity contribution in [3.63, 3.8) is 0 Å². The van der Waals surface area contributed by atoms with Gasteiger partial charge in [0.05, 0.1) is 6.07 Å². The predicted molar refractivity (Wildman–Crippen MR) is 53.0 cm³/mol. The van der Waals surface area contributed by atoms with Crippen LogP contribution in [0.3, 0.4) is 0 Å². The van der Waals surface area contributed by atoms with E-state index in [4.69, 9.17) is 33.6 Å². The van der Waals surface area contributed by atoms with E-state index in [0.717, 1.165) is 0 Å². The van der Waals surface area contributed by atoms with Gasteiger partial charge in [0.15, 0.2) is 6.10 Å². The number of benzene rings is 1. The van der Waals surface area contributed by atoms with E-state index >= 15 is 0 Å². The van der Waals surface area contributed by atoms with Gasteiger partial charge in [-0.25, -0.2) is 0 Å². The highest BCUT2D eigenvalue weighted by Crippen LogP contribution is 2.27. The first kappa shape index (κ1) is 11.3. The molecule has 2 unspecified atom stereocenters. The molecule has 2 atom stereocenters. The van der Waals surface area contributed by atoms with Gasteiger partial charge in [-0.2, -0.15) is 5.26 Å². The number of nitrogens with zero attached hydrogens (tertiary/aromatic N) is 1. The van der Waals surface area contributed by atoms with Crippen molar-refractivity contribution >= 4 is 23.2 Å². The molecule has 0 bridgehead atoms. The summed E-state index contributed by atoms with van der Waals surface area (Å²) in [7, 11) is 0. The first-order valence-corrected chi connectivity index (χ1v) is 4.52. The lowest BCUT2D eigenvalue weighted by atomic mass is 10.1. The SMILES string of the molecule is N#CC(O)C(O)c1ccc(Cl)cc1Cl. The van der Waals surface area contributed by atoms with Crippen LogP contribution in [0.2, 0.25) is 10.0 Å². The summed E-state index contributed by atoms with van der Waals surface area (Å²) in [6, 6.07) is 5.95. The lowest BCUT2D eigenvalue weighted by Crippen LogP contribution is -2.16. The third-order valence-corrected chi connectivity index (χ3v) is 2.27. The molecule has 2 N–H and O–H groups in total. The van der Waals surface area contributed by atoms with E-state index in [1.165, 1.54) is 24.3 Å². The second kappa shape index (κ2) is 4.63. The number of hydrogen-bond donors (Lipinski definition) is 2. The minimum absolute atomic E-state index is 0.222. The average Bonchev–Trinajstić information content (AvgIpc) is 2.15. The maximum atomic E-state index is 9.46. The highest BCUT2D eigenvalue weighted by Gasteiger charge is 2.20. The monoisotopic (exact) mass is 231 g/mol. The first-order chi connectivity index (χ1) is 6.56. The Morgan fingerprint density at radius 2 is 1.93 bits per heavy atom. The summed E-state index contributed by atoms with van der Waals surface area (Å²) in [4.78, 5) is 0. The van der Waals surface area contributed by atoms with Crippen molar-refractivity contribution in [3.05, 3.63) is 33.8 Å². The Morgan fingerprint density at radius 3 is 2.43 bits per heavy atom. The standard InChI is InChI=1S/C9H7Cl2NO2/c10-5-1-2-6(7(11)3-5)9(14)8(13)4-12/h1-3,8-9,13-14H. The summed E-state index contributed by atoms with van der Waals surface area (Å²) in [5, 5.41) is 27.6. The van der Waals surface area contributed by atoms with Gasteiger partial charge in [-0.05, 0) is 12.1 Å². The summed E-state index contributed by atoms with van der Waals surface area (Å²) in [5.41, 5.74) is 0.283. The fourth-order valence-electron chi connectivity index (χ4n) is 0.982. The smallest absolute Gasteiger partial charge is 0.170 e. The second-order valence-corrected chi connectivity index (χ2v) is 3.53. The maximum absolute atomic E-state index is 9.46.